The number of aromatic nitrogens is 2. The average molecular weight is 458 g/mol. The molecule has 0 unspecified atom stereocenters. The van der Waals surface area contributed by atoms with E-state index in [-0.39, 0.29) is 4.90 Å². The molecular weight excluding hydrogens is 433 g/mol. The highest BCUT2D eigenvalue weighted by Gasteiger charge is 2.18. The summed E-state index contributed by atoms with van der Waals surface area (Å²) >= 11 is 0. The summed E-state index contributed by atoms with van der Waals surface area (Å²) in [7, 11) is -3.83. The quantitative estimate of drug-likeness (QED) is 0.584. The smallest absolute Gasteiger partial charge is 0.262 e. The lowest BCUT2D eigenvalue weighted by molar-refractivity contribution is 0.122. The molecule has 2 aromatic carbocycles. The second kappa shape index (κ2) is 9.09. The average Bonchev–Trinajstić information content (AvgIpc) is 2.75. The first-order valence-electron chi connectivity index (χ1n) is 10.1. The molecule has 0 amide bonds. The lowest BCUT2D eigenvalue weighted by Gasteiger charge is -2.27. The second-order valence-electron chi connectivity index (χ2n) is 7.51. The van der Waals surface area contributed by atoms with E-state index in [1.54, 1.807) is 31.2 Å². The Bertz CT molecular complexity index is 1210. The van der Waals surface area contributed by atoms with E-state index < -0.39 is 15.8 Å². The molecule has 2 N–H and O–H groups in total. The molecule has 168 valence electrons. The third kappa shape index (κ3) is 5.14. The third-order valence-corrected chi connectivity index (χ3v) is 6.51. The summed E-state index contributed by atoms with van der Waals surface area (Å²) in [6, 6.07) is 12.2. The number of nitrogens with zero attached hydrogens (tertiary/aromatic N) is 3. The maximum Gasteiger partial charge on any atom is 0.262 e. The Balaban J connectivity index is 1.48. The minimum absolute atomic E-state index is 0.0354. The van der Waals surface area contributed by atoms with Crippen molar-refractivity contribution in [3.8, 4) is 0 Å². The highest BCUT2D eigenvalue weighted by molar-refractivity contribution is 7.92. The number of rotatable bonds is 6. The summed E-state index contributed by atoms with van der Waals surface area (Å²) in [5.41, 5.74) is 2.32. The van der Waals surface area contributed by atoms with Crippen molar-refractivity contribution in [3.63, 3.8) is 0 Å². The summed E-state index contributed by atoms with van der Waals surface area (Å²) in [6.07, 6.45) is 0. The molecule has 8 nitrogen and oxygen atoms in total. The number of morpholine rings is 1. The van der Waals surface area contributed by atoms with Crippen LogP contribution in [0.2, 0.25) is 0 Å². The molecule has 0 aliphatic carbocycles. The Morgan fingerprint density at radius 3 is 2.34 bits per heavy atom. The minimum Gasteiger partial charge on any atom is -0.378 e. The fraction of sp³-hybridized carbons (Fsp3) is 0.273. The number of benzene rings is 2. The van der Waals surface area contributed by atoms with Gasteiger partial charge in [0.15, 0.2) is 0 Å². The van der Waals surface area contributed by atoms with Gasteiger partial charge >= 0.3 is 0 Å². The van der Waals surface area contributed by atoms with Gasteiger partial charge in [-0.1, -0.05) is 0 Å². The van der Waals surface area contributed by atoms with Gasteiger partial charge in [-0.2, -0.15) is 4.98 Å². The highest BCUT2D eigenvalue weighted by atomic mass is 32.2. The fourth-order valence-electron chi connectivity index (χ4n) is 3.42. The van der Waals surface area contributed by atoms with Gasteiger partial charge < -0.3 is 15.0 Å². The Hall–Kier alpha value is -3.24. The molecule has 0 saturated carbocycles. The lowest BCUT2D eigenvalue weighted by atomic mass is 10.2. The number of nitrogens with one attached hydrogen (secondary N) is 2. The number of aryl methyl sites for hydroxylation is 2. The van der Waals surface area contributed by atoms with Crippen LogP contribution in [-0.2, 0) is 14.8 Å². The molecule has 32 heavy (non-hydrogen) atoms. The van der Waals surface area contributed by atoms with Gasteiger partial charge in [0, 0.05) is 36.2 Å². The monoisotopic (exact) mass is 457 g/mol. The van der Waals surface area contributed by atoms with Gasteiger partial charge in [-0.25, -0.2) is 17.8 Å². The maximum atomic E-state index is 13.3. The van der Waals surface area contributed by atoms with Crippen molar-refractivity contribution in [2.45, 2.75) is 18.7 Å². The van der Waals surface area contributed by atoms with Crippen LogP contribution in [0.3, 0.4) is 0 Å². The van der Waals surface area contributed by atoms with E-state index in [1.807, 2.05) is 13.0 Å². The largest absolute Gasteiger partial charge is 0.378 e. The van der Waals surface area contributed by atoms with Crippen LogP contribution >= 0.6 is 0 Å². The number of ether oxygens (including phenoxy) is 1. The lowest BCUT2D eigenvalue weighted by Crippen LogP contribution is -2.37. The van der Waals surface area contributed by atoms with Gasteiger partial charge in [-0.15, -0.1) is 0 Å². The van der Waals surface area contributed by atoms with Crippen LogP contribution in [0.15, 0.2) is 53.4 Å². The number of sulfonamides is 1. The first-order valence-corrected chi connectivity index (χ1v) is 11.6. The molecule has 10 heteroatoms. The topological polar surface area (TPSA) is 96.5 Å². The van der Waals surface area contributed by atoms with E-state index in [4.69, 9.17) is 4.74 Å². The standard InChI is InChI=1S/C22H24FN5O3S/c1-15-13-17(23)3-8-20(15)32(29,30)27-19-6-4-18(5-7-19)25-21-14-16(2)24-22(26-21)28-9-11-31-12-10-28/h3-8,13-14,27H,9-12H2,1-2H3,(H,24,25,26). The number of halogens is 1. The zero-order chi connectivity index (χ0) is 22.7. The molecule has 2 heterocycles. The number of hydrogen-bond acceptors (Lipinski definition) is 7. The summed E-state index contributed by atoms with van der Waals surface area (Å²) in [4.78, 5) is 11.2. The van der Waals surface area contributed by atoms with E-state index in [1.165, 1.54) is 12.1 Å². The molecule has 1 fully saturated rings. The molecule has 0 radical (unpaired) electrons. The maximum absolute atomic E-state index is 13.3. The number of hydrogen-bond donors (Lipinski definition) is 2. The van der Waals surface area contributed by atoms with Crippen LogP contribution in [-0.4, -0.2) is 44.7 Å². The molecule has 1 aliphatic heterocycles. The van der Waals surface area contributed by atoms with Crippen molar-refractivity contribution in [2.75, 3.05) is 41.2 Å². The van der Waals surface area contributed by atoms with E-state index in [0.717, 1.165) is 30.5 Å². The van der Waals surface area contributed by atoms with E-state index >= 15 is 0 Å². The SMILES string of the molecule is Cc1cc(Nc2ccc(NS(=O)(=O)c3ccc(F)cc3C)cc2)nc(N2CCOCC2)n1. The Kier molecular flexibility index (Phi) is 6.24. The predicted octanol–water partition coefficient (Wildman–Crippen LogP) is 3.61. The molecule has 3 aromatic rings. The minimum atomic E-state index is -3.83. The number of anilines is 4. The van der Waals surface area contributed by atoms with Crippen molar-refractivity contribution in [2.24, 2.45) is 0 Å². The molecule has 4 rings (SSSR count). The van der Waals surface area contributed by atoms with Gasteiger partial charge in [-0.3, -0.25) is 4.72 Å². The van der Waals surface area contributed by atoms with Gasteiger partial charge in [0.2, 0.25) is 5.95 Å². The van der Waals surface area contributed by atoms with Gasteiger partial charge in [0.25, 0.3) is 10.0 Å². The molecule has 0 bridgehead atoms. The Morgan fingerprint density at radius 2 is 1.66 bits per heavy atom. The van der Waals surface area contributed by atoms with E-state index in [2.05, 4.69) is 24.9 Å². The van der Waals surface area contributed by atoms with E-state index in [0.29, 0.717) is 36.2 Å². The van der Waals surface area contributed by atoms with E-state index in [9.17, 15) is 12.8 Å². The van der Waals surface area contributed by atoms with Crippen molar-refractivity contribution < 1.29 is 17.5 Å². The first-order chi connectivity index (χ1) is 15.3. The third-order valence-electron chi connectivity index (χ3n) is 4.97. The molecule has 1 aliphatic rings. The van der Waals surface area contributed by atoms with Gasteiger partial charge in [0.05, 0.1) is 18.1 Å². The van der Waals surface area contributed by atoms with Crippen molar-refractivity contribution in [1.82, 2.24) is 9.97 Å². The zero-order valence-electron chi connectivity index (χ0n) is 17.8. The molecular formula is C22H24FN5O3S. The highest BCUT2D eigenvalue weighted by Crippen LogP contribution is 2.23. The molecule has 1 saturated heterocycles. The summed E-state index contributed by atoms with van der Waals surface area (Å²) < 4.78 is 46.5. The zero-order valence-corrected chi connectivity index (χ0v) is 18.6. The first kappa shape index (κ1) is 22.0. The predicted molar refractivity (Wildman–Crippen MR) is 121 cm³/mol. The van der Waals surface area contributed by atoms with Crippen molar-refractivity contribution >= 4 is 33.2 Å². The van der Waals surface area contributed by atoms with Gasteiger partial charge in [-0.05, 0) is 61.9 Å². The summed E-state index contributed by atoms with van der Waals surface area (Å²) in [5.74, 6) is 0.817. The molecule has 0 atom stereocenters. The fourth-order valence-corrected chi connectivity index (χ4v) is 4.70. The van der Waals surface area contributed by atoms with Crippen LogP contribution in [0.1, 0.15) is 11.3 Å². The van der Waals surface area contributed by atoms with Crippen LogP contribution in [0.5, 0.6) is 0 Å². The summed E-state index contributed by atoms with van der Waals surface area (Å²) in [6.45, 7) is 6.24. The Morgan fingerprint density at radius 1 is 0.969 bits per heavy atom. The molecule has 1 aromatic heterocycles. The van der Waals surface area contributed by atoms with Crippen LogP contribution in [0.4, 0.5) is 27.5 Å². The molecule has 0 spiro atoms. The van der Waals surface area contributed by atoms with Crippen molar-refractivity contribution in [1.29, 1.82) is 0 Å². The van der Waals surface area contributed by atoms with Crippen LogP contribution in [0, 0.1) is 19.7 Å². The normalized spacial score (nSPS) is 14.3. The van der Waals surface area contributed by atoms with Crippen molar-refractivity contribution in [3.05, 3.63) is 65.6 Å². The van der Waals surface area contributed by atoms with Crippen LogP contribution in [0.25, 0.3) is 0 Å². The Labute approximate surface area is 186 Å². The van der Waals surface area contributed by atoms with Gasteiger partial charge in [0.1, 0.15) is 11.6 Å². The second-order valence-corrected chi connectivity index (χ2v) is 9.16. The summed E-state index contributed by atoms with van der Waals surface area (Å²) in [5, 5.41) is 3.23. The van der Waals surface area contributed by atoms with Crippen LogP contribution < -0.4 is 14.9 Å².